The summed E-state index contributed by atoms with van der Waals surface area (Å²) in [6.07, 6.45) is 0.868. The Labute approximate surface area is 256 Å². The molecule has 6 nitrogen and oxygen atoms in total. The second-order valence-electron chi connectivity index (χ2n) is 11.8. The van der Waals surface area contributed by atoms with Crippen LogP contribution in [-0.2, 0) is 16.2 Å². The Morgan fingerprint density at radius 3 is 2.43 bits per heavy atom. The van der Waals surface area contributed by atoms with E-state index in [0.29, 0.717) is 17.3 Å². The number of imide groups is 1. The minimum absolute atomic E-state index is 0.0237. The van der Waals surface area contributed by atoms with E-state index in [4.69, 9.17) is 16.3 Å². The number of hydrogen-bond donors (Lipinski definition) is 1. The summed E-state index contributed by atoms with van der Waals surface area (Å²) < 4.78 is 6.04. The van der Waals surface area contributed by atoms with E-state index in [2.05, 4.69) is 17.1 Å². The van der Waals surface area contributed by atoms with Crippen molar-refractivity contribution in [3.63, 3.8) is 0 Å². The quantitative estimate of drug-likeness (QED) is 0.255. The molecule has 2 amide bonds. The Bertz CT molecular complexity index is 1780. The average Bonchev–Trinajstić information content (AvgIpc) is 3.72. The van der Waals surface area contributed by atoms with E-state index in [0.717, 1.165) is 38.8 Å². The molecule has 212 valence electrons. The molecule has 3 heterocycles. The SMILES string of the molecule is Cc1ccc(N2C(=O)C3C(C2=O)[C@@H]2C[C@H]3C3Sc4[nH]c(=O)sc4C(c4ccc(OCc5cccc(Cl)c5)cc4)C32)cc1. The summed E-state index contributed by atoms with van der Waals surface area (Å²) >= 11 is 9.10. The van der Waals surface area contributed by atoms with Gasteiger partial charge in [-0.1, -0.05) is 64.9 Å². The number of amides is 2. The monoisotopic (exact) mass is 614 g/mol. The molecule has 4 aliphatic rings. The maximum absolute atomic E-state index is 13.9. The lowest BCUT2D eigenvalue weighted by Gasteiger charge is -2.43. The molecule has 42 heavy (non-hydrogen) atoms. The molecule has 1 saturated heterocycles. The number of nitrogens with zero attached hydrogens (tertiary/aromatic N) is 1. The number of benzene rings is 3. The van der Waals surface area contributed by atoms with Crippen molar-refractivity contribution in [2.24, 2.45) is 29.6 Å². The molecule has 9 heteroatoms. The number of anilines is 1. The summed E-state index contributed by atoms with van der Waals surface area (Å²) in [4.78, 5) is 45.7. The molecule has 3 fully saturated rings. The zero-order valence-corrected chi connectivity index (χ0v) is 25.0. The highest BCUT2D eigenvalue weighted by atomic mass is 35.5. The maximum Gasteiger partial charge on any atom is 0.305 e. The Hall–Kier alpha value is -3.33. The van der Waals surface area contributed by atoms with Gasteiger partial charge in [0, 0.05) is 21.1 Å². The van der Waals surface area contributed by atoms with Crippen LogP contribution in [0, 0.1) is 36.5 Å². The number of rotatable bonds is 5. The van der Waals surface area contributed by atoms with Crippen molar-refractivity contribution in [3.05, 3.63) is 109 Å². The highest BCUT2D eigenvalue weighted by molar-refractivity contribution is 8.00. The predicted molar refractivity (Wildman–Crippen MR) is 164 cm³/mol. The van der Waals surface area contributed by atoms with Gasteiger partial charge in [-0.25, -0.2) is 0 Å². The molecule has 1 aromatic heterocycles. The van der Waals surface area contributed by atoms with Crippen LogP contribution in [0.5, 0.6) is 5.75 Å². The molecule has 5 unspecified atom stereocenters. The van der Waals surface area contributed by atoms with Gasteiger partial charge in [0.05, 0.1) is 22.5 Å². The van der Waals surface area contributed by atoms with Crippen LogP contribution >= 0.6 is 34.7 Å². The van der Waals surface area contributed by atoms with Crippen LogP contribution in [-0.4, -0.2) is 22.0 Å². The first-order valence-corrected chi connectivity index (χ1v) is 16.3. The van der Waals surface area contributed by atoms with Gasteiger partial charge in [-0.3, -0.25) is 19.3 Å². The normalized spacial score (nSPS) is 29.0. The third-order valence-corrected chi connectivity index (χ3v) is 12.4. The van der Waals surface area contributed by atoms with E-state index in [1.54, 1.807) is 11.8 Å². The number of nitrogens with one attached hydrogen (secondary N) is 1. The summed E-state index contributed by atoms with van der Waals surface area (Å²) in [6.45, 7) is 2.41. The van der Waals surface area contributed by atoms with Crippen molar-refractivity contribution >= 4 is 52.2 Å². The van der Waals surface area contributed by atoms with E-state index >= 15 is 0 Å². The van der Waals surface area contributed by atoms with Crippen LogP contribution in [0.2, 0.25) is 5.02 Å². The first kappa shape index (κ1) is 26.3. The van der Waals surface area contributed by atoms with Crippen molar-refractivity contribution < 1.29 is 14.3 Å². The van der Waals surface area contributed by atoms with E-state index in [-0.39, 0.29) is 57.4 Å². The first-order valence-electron chi connectivity index (χ1n) is 14.2. The van der Waals surface area contributed by atoms with Crippen molar-refractivity contribution in [2.75, 3.05) is 4.90 Å². The van der Waals surface area contributed by atoms with E-state index in [9.17, 15) is 14.4 Å². The number of aryl methyl sites for hydroxylation is 1. The van der Waals surface area contributed by atoms with Crippen molar-refractivity contribution in [2.45, 2.75) is 36.1 Å². The molecular formula is C33H27ClN2O4S2. The minimum Gasteiger partial charge on any atom is -0.489 e. The zero-order valence-electron chi connectivity index (χ0n) is 22.7. The highest BCUT2D eigenvalue weighted by Gasteiger charge is 2.69. The lowest BCUT2D eigenvalue weighted by atomic mass is 9.68. The second kappa shape index (κ2) is 9.86. The predicted octanol–water partition coefficient (Wildman–Crippen LogP) is 6.66. The fraction of sp³-hybridized carbons (Fsp3) is 0.303. The molecule has 1 N–H and O–H groups in total. The third kappa shape index (κ3) is 4.02. The minimum atomic E-state index is -0.314. The summed E-state index contributed by atoms with van der Waals surface area (Å²) in [7, 11) is 0. The Morgan fingerprint density at radius 1 is 0.952 bits per heavy atom. The number of halogens is 1. The third-order valence-electron chi connectivity index (χ3n) is 9.55. The fourth-order valence-corrected chi connectivity index (χ4v) is 11.0. The number of aromatic nitrogens is 1. The zero-order chi connectivity index (χ0) is 28.7. The summed E-state index contributed by atoms with van der Waals surface area (Å²) in [5, 5.41) is 1.75. The van der Waals surface area contributed by atoms with Gasteiger partial charge in [0.1, 0.15) is 12.4 Å². The summed E-state index contributed by atoms with van der Waals surface area (Å²) in [5.41, 5.74) is 3.85. The van der Waals surface area contributed by atoms with Crippen LogP contribution in [0.4, 0.5) is 5.69 Å². The van der Waals surface area contributed by atoms with Gasteiger partial charge in [-0.15, -0.1) is 11.8 Å². The number of fused-ring (bicyclic) bond motifs is 9. The Kier molecular flexibility index (Phi) is 6.18. The molecule has 7 atom stereocenters. The van der Waals surface area contributed by atoms with Gasteiger partial charge < -0.3 is 9.72 Å². The molecule has 8 rings (SSSR count). The van der Waals surface area contributed by atoms with Gasteiger partial charge in [-0.2, -0.15) is 0 Å². The van der Waals surface area contributed by atoms with Crippen LogP contribution in [0.1, 0.15) is 33.9 Å². The lowest BCUT2D eigenvalue weighted by Crippen LogP contribution is -2.42. The van der Waals surface area contributed by atoms with Gasteiger partial charge in [0.15, 0.2) is 0 Å². The van der Waals surface area contributed by atoms with Gasteiger partial charge in [0.2, 0.25) is 11.8 Å². The summed E-state index contributed by atoms with van der Waals surface area (Å²) in [5.74, 6) is 0.320. The molecule has 0 radical (unpaired) electrons. The number of H-pyrrole nitrogens is 1. The average molecular weight is 615 g/mol. The van der Waals surface area contributed by atoms with Crippen LogP contribution in [0.15, 0.2) is 82.6 Å². The molecule has 2 bridgehead atoms. The van der Waals surface area contributed by atoms with Gasteiger partial charge in [-0.05, 0) is 78.6 Å². The molecule has 3 aromatic carbocycles. The first-order chi connectivity index (χ1) is 20.4. The van der Waals surface area contributed by atoms with Crippen LogP contribution in [0.25, 0.3) is 0 Å². The van der Waals surface area contributed by atoms with Crippen molar-refractivity contribution in [3.8, 4) is 5.75 Å². The molecule has 0 spiro atoms. The van der Waals surface area contributed by atoms with E-state index < -0.39 is 0 Å². The largest absolute Gasteiger partial charge is 0.489 e. The number of ether oxygens (including phenoxy) is 1. The smallest absolute Gasteiger partial charge is 0.305 e. The topological polar surface area (TPSA) is 79.5 Å². The molecule has 4 aromatic rings. The Balaban J connectivity index is 1.11. The fourth-order valence-electron chi connectivity index (χ4n) is 7.90. The number of aromatic amines is 1. The van der Waals surface area contributed by atoms with Crippen LogP contribution in [0.3, 0.4) is 0 Å². The second-order valence-corrected chi connectivity index (χ2v) is 14.4. The molecule has 2 saturated carbocycles. The number of thioether (sulfide) groups is 1. The number of carbonyl (C=O) groups is 2. The van der Waals surface area contributed by atoms with Gasteiger partial charge in [0.25, 0.3) is 0 Å². The maximum atomic E-state index is 13.9. The van der Waals surface area contributed by atoms with E-state index in [1.807, 2.05) is 67.6 Å². The standard InChI is InChI=1S/C33H27ClN2O4S2/c1-16-5-9-20(10-6-16)36-31(37)26-22-14-23(27(26)32(36)38)28-25(22)24(29-30(41-28)35-33(39)42-29)18-7-11-21(12-8-18)40-15-17-3-2-4-19(34)13-17/h2-13,22-28H,14-15H2,1H3,(H,35,39)/t22-,23-,24?,25?,26?,27?,28?/m1/s1. The number of hydrogen-bond acceptors (Lipinski definition) is 6. The number of carbonyl (C=O) groups excluding carboxylic acids is 2. The highest BCUT2D eigenvalue weighted by Crippen LogP contribution is 2.68. The lowest BCUT2D eigenvalue weighted by molar-refractivity contribution is -0.123. The van der Waals surface area contributed by atoms with E-state index in [1.165, 1.54) is 16.2 Å². The molecular weight excluding hydrogens is 588 g/mol. The van der Waals surface area contributed by atoms with Crippen molar-refractivity contribution in [1.29, 1.82) is 0 Å². The number of thiazole rings is 1. The molecule has 2 aliphatic carbocycles. The Morgan fingerprint density at radius 2 is 1.69 bits per heavy atom. The van der Waals surface area contributed by atoms with Gasteiger partial charge >= 0.3 is 4.87 Å². The van der Waals surface area contributed by atoms with Crippen LogP contribution < -0.4 is 14.5 Å². The van der Waals surface area contributed by atoms with Crippen molar-refractivity contribution in [1.82, 2.24) is 4.98 Å². The molecule has 2 aliphatic heterocycles. The summed E-state index contributed by atoms with van der Waals surface area (Å²) in [6, 6.07) is 23.4.